The molecule has 0 bridgehead atoms. The number of hydrogen-bond acceptors (Lipinski definition) is 3. The number of nitrogens with zero attached hydrogens (tertiary/aromatic N) is 2. The van der Waals surface area contributed by atoms with Crippen LogP contribution in [0.5, 0.6) is 0 Å². The fourth-order valence-electron chi connectivity index (χ4n) is 2.18. The van der Waals surface area contributed by atoms with Crippen molar-refractivity contribution >= 4 is 11.8 Å². The van der Waals surface area contributed by atoms with E-state index in [1.165, 1.54) is 4.90 Å². The van der Waals surface area contributed by atoms with Gasteiger partial charge in [-0.3, -0.25) is 9.59 Å². The van der Waals surface area contributed by atoms with E-state index in [0.29, 0.717) is 25.4 Å². The topological polar surface area (TPSA) is 60.9 Å². The van der Waals surface area contributed by atoms with Crippen LogP contribution in [-0.2, 0) is 9.59 Å². The number of aliphatic hydroxyl groups excluding tert-OH is 1. The maximum absolute atomic E-state index is 12.2. The summed E-state index contributed by atoms with van der Waals surface area (Å²) in [5.74, 6) is 0.176. The fourth-order valence-corrected chi connectivity index (χ4v) is 2.18. The molecule has 0 spiro atoms. The van der Waals surface area contributed by atoms with E-state index in [9.17, 15) is 9.59 Å². The van der Waals surface area contributed by atoms with Crippen LogP contribution in [0, 0.1) is 11.8 Å². The Bertz CT molecular complexity index is 317. The lowest BCUT2D eigenvalue weighted by Gasteiger charge is -2.26. The van der Waals surface area contributed by atoms with Crippen LogP contribution in [0.25, 0.3) is 0 Å². The van der Waals surface area contributed by atoms with E-state index in [0.717, 1.165) is 0 Å². The number of carbonyl (C=O) groups is 2. The van der Waals surface area contributed by atoms with Gasteiger partial charge < -0.3 is 14.9 Å². The third-order valence-electron chi connectivity index (χ3n) is 3.42. The fraction of sp³-hybridized carbons (Fsp3) is 0.846. The van der Waals surface area contributed by atoms with E-state index >= 15 is 0 Å². The Morgan fingerprint density at radius 3 is 2.61 bits per heavy atom. The number of rotatable bonds is 5. The molecule has 0 saturated carbocycles. The van der Waals surface area contributed by atoms with Crippen molar-refractivity contribution in [3.8, 4) is 0 Å². The van der Waals surface area contributed by atoms with Gasteiger partial charge in [0.05, 0.1) is 18.6 Å². The van der Waals surface area contributed by atoms with Gasteiger partial charge in [-0.1, -0.05) is 13.8 Å². The molecule has 0 radical (unpaired) electrons. The molecule has 1 rings (SSSR count). The highest BCUT2D eigenvalue weighted by Gasteiger charge is 2.36. The molecule has 1 N–H and O–H groups in total. The Labute approximate surface area is 109 Å². The lowest BCUT2D eigenvalue weighted by Crippen LogP contribution is -2.41. The van der Waals surface area contributed by atoms with Gasteiger partial charge in [0, 0.05) is 26.6 Å². The van der Waals surface area contributed by atoms with Crippen LogP contribution >= 0.6 is 0 Å². The summed E-state index contributed by atoms with van der Waals surface area (Å²) in [6.07, 6.45) is 0.300. The Hall–Kier alpha value is -1.10. The summed E-state index contributed by atoms with van der Waals surface area (Å²) >= 11 is 0. The molecule has 1 heterocycles. The average molecular weight is 256 g/mol. The number of carbonyl (C=O) groups excluding carboxylic acids is 2. The van der Waals surface area contributed by atoms with Gasteiger partial charge in [0.1, 0.15) is 0 Å². The standard InChI is InChI=1S/C13H24N2O3/c1-9(2)6-15-7-11(5-12(15)17)13(18)14(4)10(3)8-16/h9-11,16H,5-8H2,1-4H3. The first-order chi connectivity index (χ1) is 8.36. The number of likely N-dealkylation sites (N-methyl/N-ethyl adjacent to an activating group) is 1. The van der Waals surface area contributed by atoms with Crippen LogP contribution in [0.2, 0.25) is 0 Å². The maximum Gasteiger partial charge on any atom is 0.228 e. The van der Waals surface area contributed by atoms with Crippen LogP contribution < -0.4 is 0 Å². The maximum atomic E-state index is 12.2. The molecule has 0 aromatic heterocycles. The van der Waals surface area contributed by atoms with Crippen molar-refractivity contribution in [1.29, 1.82) is 0 Å². The predicted molar refractivity (Wildman–Crippen MR) is 68.8 cm³/mol. The zero-order valence-corrected chi connectivity index (χ0v) is 11.7. The first-order valence-corrected chi connectivity index (χ1v) is 6.52. The number of amides is 2. The Kier molecular flexibility index (Phi) is 5.14. The van der Waals surface area contributed by atoms with Gasteiger partial charge in [0.2, 0.25) is 11.8 Å². The lowest BCUT2D eigenvalue weighted by molar-refractivity contribution is -0.137. The second kappa shape index (κ2) is 6.18. The number of hydrogen-bond donors (Lipinski definition) is 1. The molecule has 0 aromatic rings. The highest BCUT2D eigenvalue weighted by atomic mass is 16.3. The average Bonchev–Trinajstić information content (AvgIpc) is 2.67. The summed E-state index contributed by atoms with van der Waals surface area (Å²) in [4.78, 5) is 27.3. The van der Waals surface area contributed by atoms with Crippen molar-refractivity contribution in [2.75, 3.05) is 26.7 Å². The zero-order valence-electron chi connectivity index (χ0n) is 11.7. The van der Waals surface area contributed by atoms with Crippen molar-refractivity contribution < 1.29 is 14.7 Å². The molecule has 1 aliphatic rings. The van der Waals surface area contributed by atoms with Crippen LogP contribution in [0.1, 0.15) is 27.2 Å². The SMILES string of the molecule is CC(C)CN1CC(C(=O)N(C)C(C)CO)CC1=O. The Morgan fingerprint density at radius 1 is 1.50 bits per heavy atom. The van der Waals surface area contributed by atoms with E-state index in [-0.39, 0.29) is 30.4 Å². The molecular weight excluding hydrogens is 232 g/mol. The van der Waals surface area contributed by atoms with E-state index in [2.05, 4.69) is 13.8 Å². The predicted octanol–water partition coefficient (Wildman–Crippen LogP) is 0.330. The summed E-state index contributed by atoms with van der Waals surface area (Å²) in [5.41, 5.74) is 0. The van der Waals surface area contributed by atoms with E-state index in [1.807, 2.05) is 0 Å². The van der Waals surface area contributed by atoms with Crippen molar-refractivity contribution in [2.45, 2.75) is 33.2 Å². The highest BCUT2D eigenvalue weighted by molar-refractivity contribution is 5.89. The molecule has 1 fully saturated rings. The Morgan fingerprint density at radius 2 is 2.11 bits per heavy atom. The van der Waals surface area contributed by atoms with Crippen LogP contribution in [0.15, 0.2) is 0 Å². The molecule has 104 valence electrons. The summed E-state index contributed by atoms with van der Waals surface area (Å²) in [7, 11) is 1.68. The number of aliphatic hydroxyl groups is 1. The summed E-state index contributed by atoms with van der Waals surface area (Å²) in [6, 6.07) is -0.202. The first kappa shape index (κ1) is 15.0. The number of likely N-dealkylation sites (tertiary alicyclic amines) is 1. The minimum Gasteiger partial charge on any atom is -0.394 e. The molecule has 0 aromatic carbocycles. The second-order valence-electron chi connectivity index (χ2n) is 5.57. The van der Waals surface area contributed by atoms with Crippen LogP contribution in [0.3, 0.4) is 0 Å². The molecule has 5 heteroatoms. The quantitative estimate of drug-likeness (QED) is 0.771. The van der Waals surface area contributed by atoms with Crippen LogP contribution in [-0.4, -0.2) is 59.5 Å². The molecule has 2 unspecified atom stereocenters. The summed E-state index contributed by atoms with van der Waals surface area (Å²) < 4.78 is 0. The van der Waals surface area contributed by atoms with E-state index in [4.69, 9.17) is 5.11 Å². The van der Waals surface area contributed by atoms with Gasteiger partial charge in [0.25, 0.3) is 0 Å². The molecular formula is C13H24N2O3. The van der Waals surface area contributed by atoms with Gasteiger partial charge in [0.15, 0.2) is 0 Å². The van der Waals surface area contributed by atoms with Crippen molar-refractivity contribution in [3.63, 3.8) is 0 Å². The van der Waals surface area contributed by atoms with Gasteiger partial charge in [-0.05, 0) is 12.8 Å². The lowest BCUT2D eigenvalue weighted by atomic mass is 10.1. The van der Waals surface area contributed by atoms with Crippen molar-refractivity contribution in [2.24, 2.45) is 11.8 Å². The molecule has 0 aliphatic carbocycles. The third kappa shape index (κ3) is 3.45. The first-order valence-electron chi connectivity index (χ1n) is 6.52. The molecule has 18 heavy (non-hydrogen) atoms. The van der Waals surface area contributed by atoms with E-state index < -0.39 is 0 Å². The van der Waals surface area contributed by atoms with E-state index in [1.54, 1.807) is 18.9 Å². The largest absolute Gasteiger partial charge is 0.394 e. The summed E-state index contributed by atoms with van der Waals surface area (Å²) in [6.45, 7) is 7.07. The van der Waals surface area contributed by atoms with Gasteiger partial charge in [-0.15, -0.1) is 0 Å². The van der Waals surface area contributed by atoms with Gasteiger partial charge >= 0.3 is 0 Å². The minimum atomic E-state index is -0.254. The highest BCUT2D eigenvalue weighted by Crippen LogP contribution is 2.21. The second-order valence-corrected chi connectivity index (χ2v) is 5.57. The van der Waals surface area contributed by atoms with Crippen molar-refractivity contribution in [1.82, 2.24) is 9.80 Å². The smallest absolute Gasteiger partial charge is 0.228 e. The molecule has 1 saturated heterocycles. The van der Waals surface area contributed by atoms with Crippen LogP contribution in [0.4, 0.5) is 0 Å². The monoisotopic (exact) mass is 256 g/mol. The summed E-state index contributed by atoms with van der Waals surface area (Å²) in [5, 5.41) is 9.05. The zero-order chi connectivity index (χ0) is 13.9. The van der Waals surface area contributed by atoms with Crippen molar-refractivity contribution in [3.05, 3.63) is 0 Å². The minimum absolute atomic E-state index is 0.0452. The normalized spacial score (nSPS) is 21.6. The third-order valence-corrected chi connectivity index (χ3v) is 3.42. The van der Waals surface area contributed by atoms with Gasteiger partial charge in [-0.25, -0.2) is 0 Å². The Balaban J connectivity index is 2.59. The molecule has 2 amide bonds. The van der Waals surface area contributed by atoms with Gasteiger partial charge in [-0.2, -0.15) is 0 Å². The molecule has 1 aliphatic heterocycles. The molecule has 2 atom stereocenters. The molecule has 5 nitrogen and oxygen atoms in total.